The third-order valence-electron chi connectivity index (χ3n) is 4.26. The molecule has 0 atom stereocenters. The predicted octanol–water partition coefficient (Wildman–Crippen LogP) is 5.31. The van der Waals surface area contributed by atoms with Crippen molar-refractivity contribution in [3.63, 3.8) is 0 Å². The summed E-state index contributed by atoms with van der Waals surface area (Å²) in [4.78, 5) is 0. The Labute approximate surface area is 136 Å². The molecule has 2 nitrogen and oxygen atoms in total. The smallest absolute Gasteiger partial charge is 0.179 e. The van der Waals surface area contributed by atoms with Gasteiger partial charge in [-0.2, -0.15) is 0 Å². The Morgan fingerprint density at radius 1 is 1.14 bits per heavy atom. The fraction of sp³-hybridized carbons (Fsp3) is 0.529. The predicted molar refractivity (Wildman–Crippen MR) is 87.7 cm³/mol. The molecule has 1 aromatic carbocycles. The van der Waals surface area contributed by atoms with Crippen LogP contribution in [0.3, 0.4) is 0 Å². The summed E-state index contributed by atoms with van der Waals surface area (Å²) >= 11 is 12.5. The van der Waals surface area contributed by atoms with Crippen molar-refractivity contribution in [1.29, 1.82) is 0 Å². The summed E-state index contributed by atoms with van der Waals surface area (Å²) in [6, 6.07) is 3.93. The van der Waals surface area contributed by atoms with E-state index >= 15 is 0 Å². The quantitative estimate of drug-likeness (QED) is 0.700. The van der Waals surface area contributed by atoms with Crippen LogP contribution in [0, 0.1) is 5.92 Å². The minimum absolute atomic E-state index is 0.552. The van der Waals surface area contributed by atoms with E-state index in [0.717, 1.165) is 11.3 Å². The maximum atomic E-state index is 6.29. The van der Waals surface area contributed by atoms with Crippen LogP contribution in [0.1, 0.15) is 37.7 Å². The maximum absolute atomic E-state index is 6.29. The Morgan fingerprint density at radius 2 is 1.90 bits per heavy atom. The molecule has 1 aliphatic carbocycles. The van der Waals surface area contributed by atoms with E-state index < -0.39 is 0 Å². The van der Waals surface area contributed by atoms with E-state index in [0.29, 0.717) is 35.8 Å². The lowest BCUT2D eigenvalue weighted by Crippen LogP contribution is -2.15. The van der Waals surface area contributed by atoms with Crippen molar-refractivity contribution in [3.05, 3.63) is 28.3 Å². The van der Waals surface area contributed by atoms with E-state index in [4.69, 9.17) is 32.7 Å². The van der Waals surface area contributed by atoms with Gasteiger partial charge in [-0.25, -0.2) is 0 Å². The summed E-state index contributed by atoms with van der Waals surface area (Å²) in [6.07, 6.45) is 8.63. The van der Waals surface area contributed by atoms with Crippen molar-refractivity contribution < 1.29 is 9.47 Å². The molecule has 3 rings (SSSR count). The van der Waals surface area contributed by atoms with E-state index in [2.05, 4.69) is 6.08 Å². The average molecular weight is 327 g/mol. The van der Waals surface area contributed by atoms with Crippen LogP contribution >= 0.6 is 23.2 Å². The first-order chi connectivity index (χ1) is 10.3. The molecule has 1 heterocycles. The van der Waals surface area contributed by atoms with Crippen molar-refractivity contribution >= 4 is 29.3 Å². The van der Waals surface area contributed by atoms with Crippen LogP contribution in [0.2, 0.25) is 5.02 Å². The molecule has 4 heteroatoms. The van der Waals surface area contributed by atoms with Crippen LogP contribution in [-0.2, 0) is 0 Å². The van der Waals surface area contributed by atoms with Crippen molar-refractivity contribution in [2.45, 2.75) is 32.1 Å². The highest BCUT2D eigenvalue weighted by Crippen LogP contribution is 2.39. The molecule has 1 aromatic rings. The first kappa shape index (κ1) is 15.1. The third-order valence-corrected chi connectivity index (χ3v) is 4.84. The molecule has 0 saturated heterocycles. The second kappa shape index (κ2) is 6.93. The highest BCUT2D eigenvalue weighted by Gasteiger charge is 2.19. The highest BCUT2D eigenvalue weighted by atomic mass is 35.5. The molecular formula is C17H20Cl2O2. The lowest BCUT2D eigenvalue weighted by atomic mass is 9.83. The number of hydrogen-bond donors (Lipinski definition) is 0. The van der Waals surface area contributed by atoms with Gasteiger partial charge in [0.15, 0.2) is 11.5 Å². The SMILES string of the molecule is ClC/C(=C/c1cc(Cl)c2c(c1)OCCO2)C1CCCCC1. The highest BCUT2D eigenvalue weighted by molar-refractivity contribution is 6.32. The van der Waals surface area contributed by atoms with Crippen LogP contribution in [0.15, 0.2) is 17.7 Å². The lowest BCUT2D eigenvalue weighted by Gasteiger charge is -2.24. The fourth-order valence-corrected chi connectivity index (χ4v) is 3.74. The zero-order valence-electron chi connectivity index (χ0n) is 12.0. The molecule has 1 saturated carbocycles. The largest absolute Gasteiger partial charge is 0.486 e. The van der Waals surface area contributed by atoms with Crippen LogP contribution < -0.4 is 9.47 Å². The number of rotatable bonds is 3. The van der Waals surface area contributed by atoms with E-state index in [1.807, 2.05) is 12.1 Å². The molecule has 1 aliphatic heterocycles. The second-order valence-electron chi connectivity index (χ2n) is 5.71. The summed E-state index contributed by atoms with van der Waals surface area (Å²) < 4.78 is 11.2. The van der Waals surface area contributed by atoms with Crippen molar-refractivity contribution in [3.8, 4) is 11.5 Å². The summed E-state index contributed by atoms with van der Waals surface area (Å²) in [5.74, 6) is 2.59. The minimum atomic E-state index is 0.552. The molecule has 0 amide bonds. The molecular weight excluding hydrogens is 307 g/mol. The van der Waals surface area contributed by atoms with E-state index in [1.165, 1.54) is 37.7 Å². The zero-order valence-corrected chi connectivity index (χ0v) is 13.6. The number of benzene rings is 1. The van der Waals surface area contributed by atoms with E-state index in [1.54, 1.807) is 0 Å². The van der Waals surface area contributed by atoms with Crippen LogP contribution in [0.4, 0.5) is 0 Å². The Hall–Kier alpha value is -0.860. The molecule has 114 valence electrons. The number of ether oxygens (including phenoxy) is 2. The number of alkyl halides is 1. The molecule has 0 N–H and O–H groups in total. The van der Waals surface area contributed by atoms with E-state index in [-0.39, 0.29) is 0 Å². The lowest BCUT2D eigenvalue weighted by molar-refractivity contribution is 0.171. The molecule has 0 bridgehead atoms. The summed E-state index contributed by atoms with van der Waals surface area (Å²) in [6.45, 7) is 1.12. The molecule has 1 fully saturated rings. The van der Waals surface area contributed by atoms with Gasteiger partial charge in [0, 0.05) is 5.88 Å². The van der Waals surface area contributed by atoms with Gasteiger partial charge in [0.25, 0.3) is 0 Å². The average Bonchev–Trinajstić information content (AvgIpc) is 2.53. The molecule has 2 aliphatic rings. The van der Waals surface area contributed by atoms with Crippen LogP contribution in [-0.4, -0.2) is 19.1 Å². The monoisotopic (exact) mass is 326 g/mol. The Kier molecular flexibility index (Phi) is 4.97. The Balaban J connectivity index is 1.88. The number of fused-ring (bicyclic) bond motifs is 1. The minimum Gasteiger partial charge on any atom is -0.486 e. The van der Waals surface area contributed by atoms with Gasteiger partial charge in [-0.1, -0.05) is 42.5 Å². The maximum Gasteiger partial charge on any atom is 0.179 e. The Bertz CT molecular complexity index is 534. The first-order valence-electron chi connectivity index (χ1n) is 7.63. The van der Waals surface area contributed by atoms with Crippen molar-refractivity contribution in [1.82, 2.24) is 0 Å². The van der Waals surface area contributed by atoms with Gasteiger partial charge in [0.1, 0.15) is 13.2 Å². The molecule has 0 radical (unpaired) electrons. The van der Waals surface area contributed by atoms with Gasteiger partial charge >= 0.3 is 0 Å². The van der Waals surface area contributed by atoms with Crippen molar-refractivity contribution in [2.75, 3.05) is 19.1 Å². The zero-order chi connectivity index (χ0) is 14.7. The second-order valence-corrected chi connectivity index (χ2v) is 6.39. The molecule has 0 aromatic heterocycles. The Morgan fingerprint density at radius 3 is 2.67 bits per heavy atom. The molecule has 21 heavy (non-hydrogen) atoms. The third kappa shape index (κ3) is 3.49. The standard InChI is InChI=1S/C17H20Cl2O2/c18-11-14(13-4-2-1-3-5-13)8-12-9-15(19)17-16(10-12)20-6-7-21-17/h8-10,13H,1-7,11H2/b14-8-. The molecule has 0 spiro atoms. The fourth-order valence-electron chi connectivity index (χ4n) is 3.17. The van der Waals surface area contributed by atoms with Gasteiger partial charge in [0.05, 0.1) is 5.02 Å². The van der Waals surface area contributed by atoms with Crippen LogP contribution in [0.5, 0.6) is 11.5 Å². The summed E-state index contributed by atoms with van der Waals surface area (Å²) in [5, 5.41) is 0.607. The number of hydrogen-bond acceptors (Lipinski definition) is 2. The van der Waals surface area contributed by atoms with Crippen LogP contribution in [0.25, 0.3) is 6.08 Å². The summed E-state index contributed by atoms with van der Waals surface area (Å²) in [7, 11) is 0. The van der Waals surface area contributed by atoms with Gasteiger partial charge in [-0.15, -0.1) is 11.6 Å². The van der Waals surface area contributed by atoms with Gasteiger partial charge < -0.3 is 9.47 Å². The normalized spacial score (nSPS) is 19.6. The number of allylic oxidation sites excluding steroid dienone is 1. The number of halogens is 2. The van der Waals surface area contributed by atoms with Crippen molar-refractivity contribution in [2.24, 2.45) is 5.92 Å². The van der Waals surface area contributed by atoms with Gasteiger partial charge in [0.2, 0.25) is 0 Å². The topological polar surface area (TPSA) is 18.5 Å². The summed E-state index contributed by atoms with van der Waals surface area (Å²) in [5.41, 5.74) is 2.36. The van der Waals surface area contributed by atoms with Gasteiger partial charge in [-0.05, 0) is 36.5 Å². The van der Waals surface area contributed by atoms with Gasteiger partial charge in [-0.3, -0.25) is 0 Å². The molecule has 0 unspecified atom stereocenters. The first-order valence-corrected chi connectivity index (χ1v) is 8.55. The van der Waals surface area contributed by atoms with E-state index in [9.17, 15) is 0 Å².